The third-order valence-corrected chi connectivity index (χ3v) is 5.12. The molecule has 0 aliphatic carbocycles. The highest BCUT2D eigenvalue weighted by Crippen LogP contribution is 2.27. The van der Waals surface area contributed by atoms with E-state index in [9.17, 15) is 4.79 Å². The Balaban J connectivity index is 1.71. The number of hydrogen-bond donors (Lipinski definition) is 1. The summed E-state index contributed by atoms with van der Waals surface area (Å²) >= 11 is 1.51. The number of anilines is 1. The first kappa shape index (κ1) is 16.9. The van der Waals surface area contributed by atoms with E-state index < -0.39 is 0 Å². The average Bonchev–Trinajstić information content (AvgIpc) is 3.13. The molecule has 2 aromatic rings. The van der Waals surface area contributed by atoms with Crippen LogP contribution in [0.15, 0.2) is 23.7 Å². The first-order valence-electron chi connectivity index (χ1n) is 8.73. The number of carbonyl (C=O) groups excluding carboxylic acids is 1. The molecule has 0 bridgehead atoms. The van der Waals surface area contributed by atoms with E-state index in [-0.39, 0.29) is 5.91 Å². The lowest BCUT2D eigenvalue weighted by Crippen LogP contribution is -2.30. The van der Waals surface area contributed by atoms with Crippen molar-refractivity contribution in [2.45, 2.75) is 39.0 Å². The summed E-state index contributed by atoms with van der Waals surface area (Å²) in [6.45, 7) is 4.95. The molecule has 1 N–H and O–H groups in total. The number of aromatic nitrogens is 2. The maximum atomic E-state index is 12.1. The topological polar surface area (TPSA) is 58.1 Å². The minimum Gasteiger partial charge on any atom is -0.357 e. The van der Waals surface area contributed by atoms with E-state index in [0.29, 0.717) is 12.2 Å². The molecule has 0 aromatic carbocycles. The summed E-state index contributed by atoms with van der Waals surface area (Å²) in [6, 6.07) is 4.05. The lowest BCUT2D eigenvalue weighted by molar-refractivity contribution is 0.0949. The Morgan fingerprint density at radius 2 is 2.17 bits per heavy atom. The molecule has 1 saturated heterocycles. The van der Waals surface area contributed by atoms with E-state index in [1.807, 2.05) is 17.6 Å². The smallest absolute Gasteiger partial charge is 0.270 e. The van der Waals surface area contributed by atoms with Gasteiger partial charge in [0.2, 0.25) is 0 Å². The zero-order valence-corrected chi connectivity index (χ0v) is 14.9. The molecule has 3 rings (SSSR count). The quantitative estimate of drug-likeness (QED) is 0.811. The molecule has 1 aliphatic rings. The van der Waals surface area contributed by atoms with Crippen LogP contribution in [-0.4, -0.2) is 35.5 Å². The number of hydrogen-bond acceptors (Lipinski definition) is 5. The highest BCUT2D eigenvalue weighted by molar-refractivity contribution is 7.13. The predicted molar refractivity (Wildman–Crippen MR) is 98.7 cm³/mol. The second-order valence-corrected chi connectivity index (χ2v) is 6.96. The Morgan fingerprint density at radius 1 is 1.33 bits per heavy atom. The van der Waals surface area contributed by atoms with Crippen molar-refractivity contribution in [3.63, 3.8) is 0 Å². The molecule has 0 unspecified atom stereocenters. The summed E-state index contributed by atoms with van der Waals surface area (Å²) in [5.41, 5.74) is 1.53. The molecule has 0 saturated carbocycles. The number of pyridine rings is 1. The highest BCUT2D eigenvalue weighted by atomic mass is 32.1. The van der Waals surface area contributed by atoms with Crippen molar-refractivity contribution < 1.29 is 4.79 Å². The number of unbranched alkanes of at least 4 members (excludes halogenated alkanes) is 1. The molecule has 1 amide bonds. The number of nitrogens with zero attached hydrogens (tertiary/aromatic N) is 3. The summed E-state index contributed by atoms with van der Waals surface area (Å²) in [5, 5.41) is 5.61. The fourth-order valence-corrected chi connectivity index (χ4v) is 3.62. The fraction of sp³-hybridized carbons (Fsp3) is 0.500. The van der Waals surface area contributed by atoms with Gasteiger partial charge in [-0.2, -0.15) is 0 Å². The molecule has 128 valence electrons. The van der Waals surface area contributed by atoms with Crippen LogP contribution in [0.3, 0.4) is 0 Å². The summed E-state index contributed by atoms with van der Waals surface area (Å²) in [7, 11) is 0. The third-order valence-electron chi connectivity index (χ3n) is 4.23. The van der Waals surface area contributed by atoms with Crippen LogP contribution in [0, 0.1) is 0 Å². The summed E-state index contributed by atoms with van der Waals surface area (Å²) < 4.78 is 0. The first-order valence-corrected chi connectivity index (χ1v) is 9.61. The Hall–Kier alpha value is -1.95. The third kappa shape index (κ3) is 4.12. The van der Waals surface area contributed by atoms with Crippen LogP contribution >= 0.6 is 11.3 Å². The van der Waals surface area contributed by atoms with E-state index in [1.54, 1.807) is 0 Å². The molecular weight excluding hydrogens is 320 g/mol. The Morgan fingerprint density at radius 3 is 2.96 bits per heavy atom. The normalized spacial score (nSPS) is 14.6. The van der Waals surface area contributed by atoms with Crippen LogP contribution in [0.25, 0.3) is 10.6 Å². The van der Waals surface area contributed by atoms with Crippen molar-refractivity contribution in [2.24, 2.45) is 0 Å². The summed E-state index contributed by atoms with van der Waals surface area (Å²) in [4.78, 5) is 23.4. The molecule has 0 atom stereocenters. The van der Waals surface area contributed by atoms with E-state index in [0.717, 1.165) is 42.3 Å². The SMILES string of the molecule is CCCCNC(=O)c1csc(-c2ccnc(N3CCCCC3)c2)n1. The van der Waals surface area contributed by atoms with Crippen molar-refractivity contribution in [2.75, 3.05) is 24.5 Å². The van der Waals surface area contributed by atoms with Gasteiger partial charge < -0.3 is 10.2 Å². The van der Waals surface area contributed by atoms with Crippen LogP contribution in [0.1, 0.15) is 49.5 Å². The second-order valence-electron chi connectivity index (χ2n) is 6.10. The largest absolute Gasteiger partial charge is 0.357 e. The number of piperidine rings is 1. The Kier molecular flexibility index (Phi) is 5.80. The maximum absolute atomic E-state index is 12.1. The fourth-order valence-electron chi connectivity index (χ4n) is 2.83. The molecule has 0 radical (unpaired) electrons. The van der Waals surface area contributed by atoms with Gasteiger partial charge in [0.15, 0.2) is 0 Å². The van der Waals surface area contributed by atoms with Gasteiger partial charge in [0, 0.05) is 36.8 Å². The number of nitrogens with one attached hydrogen (secondary N) is 1. The van der Waals surface area contributed by atoms with Gasteiger partial charge in [-0.05, 0) is 37.8 Å². The average molecular weight is 344 g/mol. The van der Waals surface area contributed by atoms with Crippen molar-refractivity contribution >= 4 is 23.1 Å². The standard InChI is InChI=1S/C18H24N4OS/c1-2-3-8-20-17(23)15-13-24-18(21-15)14-7-9-19-16(12-14)22-10-5-4-6-11-22/h7,9,12-13H,2-6,8,10-11H2,1H3,(H,20,23). The Labute approximate surface area is 147 Å². The maximum Gasteiger partial charge on any atom is 0.270 e. The second kappa shape index (κ2) is 8.24. The van der Waals surface area contributed by atoms with Gasteiger partial charge in [0.05, 0.1) is 0 Å². The van der Waals surface area contributed by atoms with Gasteiger partial charge in [-0.1, -0.05) is 13.3 Å². The number of rotatable bonds is 6. The highest BCUT2D eigenvalue weighted by Gasteiger charge is 2.15. The number of carbonyl (C=O) groups is 1. The van der Waals surface area contributed by atoms with Gasteiger partial charge in [0.1, 0.15) is 16.5 Å². The van der Waals surface area contributed by atoms with Gasteiger partial charge in [-0.3, -0.25) is 4.79 Å². The number of amides is 1. The van der Waals surface area contributed by atoms with Gasteiger partial charge in [0.25, 0.3) is 5.91 Å². The van der Waals surface area contributed by atoms with E-state index in [1.165, 1.54) is 30.6 Å². The zero-order chi connectivity index (χ0) is 16.8. The molecule has 2 aromatic heterocycles. The Bertz CT molecular complexity index is 679. The van der Waals surface area contributed by atoms with Crippen LogP contribution in [-0.2, 0) is 0 Å². The monoisotopic (exact) mass is 344 g/mol. The molecule has 1 aliphatic heterocycles. The molecule has 1 fully saturated rings. The van der Waals surface area contributed by atoms with Crippen molar-refractivity contribution in [3.05, 3.63) is 29.4 Å². The van der Waals surface area contributed by atoms with Gasteiger partial charge >= 0.3 is 0 Å². The van der Waals surface area contributed by atoms with Gasteiger partial charge in [-0.25, -0.2) is 9.97 Å². The van der Waals surface area contributed by atoms with Crippen molar-refractivity contribution in [3.8, 4) is 10.6 Å². The summed E-state index contributed by atoms with van der Waals surface area (Å²) in [6.07, 6.45) is 7.66. The lowest BCUT2D eigenvalue weighted by Gasteiger charge is -2.27. The summed E-state index contributed by atoms with van der Waals surface area (Å²) in [5.74, 6) is 0.924. The van der Waals surface area contributed by atoms with Crippen LogP contribution < -0.4 is 10.2 Å². The minimum atomic E-state index is -0.0868. The van der Waals surface area contributed by atoms with Crippen molar-refractivity contribution in [1.29, 1.82) is 0 Å². The first-order chi connectivity index (χ1) is 11.8. The number of thiazole rings is 1. The van der Waals surface area contributed by atoms with E-state index in [2.05, 4.69) is 33.2 Å². The molecule has 6 heteroatoms. The van der Waals surface area contributed by atoms with Crippen LogP contribution in [0.4, 0.5) is 5.82 Å². The van der Waals surface area contributed by atoms with E-state index >= 15 is 0 Å². The molecule has 3 heterocycles. The molecular formula is C18H24N4OS. The lowest BCUT2D eigenvalue weighted by atomic mass is 10.1. The van der Waals surface area contributed by atoms with E-state index in [4.69, 9.17) is 0 Å². The molecule has 24 heavy (non-hydrogen) atoms. The minimum absolute atomic E-state index is 0.0868. The molecule has 0 spiro atoms. The van der Waals surface area contributed by atoms with Crippen LogP contribution in [0.2, 0.25) is 0 Å². The van der Waals surface area contributed by atoms with Crippen molar-refractivity contribution in [1.82, 2.24) is 15.3 Å². The van der Waals surface area contributed by atoms with Crippen LogP contribution in [0.5, 0.6) is 0 Å². The molecule has 5 nitrogen and oxygen atoms in total. The zero-order valence-electron chi connectivity index (χ0n) is 14.1. The predicted octanol–water partition coefficient (Wildman–Crippen LogP) is 3.73. The van der Waals surface area contributed by atoms with Gasteiger partial charge in [-0.15, -0.1) is 11.3 Å².